The molecule has 2 unspecified atom stereocenters. The van der Waals surface area contributed by atoms with E-state index in [-0.39, 0.29) is 6.61 Å². The maximum Gasteiger partial charge on any atom is 0.302 e. The van der Waals surface area contributed by atoms with E-state index in [9.17, 15) is 20.1 Å². The minimum atomic E-state index is -1.40. The average molecular weight is 236 g/mol. The minimum absolute atomic E-state index is 0.208. The van der Waals surface area contributed by atoms with E-state index in [0.29, 0.717) is 0 Å². The Labute approximate surface area is 92.5 Å². The number of carbonyl (C=O) groups excluding carboxylic acids is 1. The van der Waals surface area contributed by atoms with Crippen LogP contribution in [0.3, 0.4) is 0 Å². The number of ether oxygens (including phenoxy) is 3. The number of hydrogen-bond acceptors (Lipinski definition) is 7. The molecule has 1 aliphatic rings. The van der Waals surface area contributed by atoms with Crippen molar-refractivity contribution in [3.63, 3.8) is 0 Å². The molecule has 3 N–H and O–H groups in total. The maximum atomic E-state index is 10.6. The lowest BCUT2D eigenvalue weighted by Gasteiger charge is -2.39. The predicted molar refractivity (Wildman–Crippen MR) is 50.3 cm³/mol. The molecule has 7 heteroatoms. The van der Waals surface area contributed by atoms with Crippen LogP contribution in [-0.2, 0) is 19.0 Å². The fourth-order valence-electron chi connectivity index (χ4n) is 1.45. The van der Waals surface area contributed by atoms with Crippen molar-refractivity contribution < 1.29 is 34.3 Å². The Bertz CT molecular complexity index is 242. The highest BCUT2D eigenvalue weighted by Gasteiger charge is 2.44. The first-order valence-electron chi connectivity index (χ1n) is 4.83. The zero-order valence-corrected chi connectivity index (χ0v) is 9.07. The average Bonchev–Trinajstić information content (AvgIpc) is 2.25. The quantitative estimate of drug-likeness (QED) is 0.487. The third kappa shape index (κ3) is 2.89. The van der Waals surface area contributed by atoms with Crippen LogP contribution >= 0.6 is 0 Å². The molecule has 0 spiro atoms. The van der Waals surface area contributed by atoms with E-state index < -0.39 is 36.7 Å². The summed E-state index contributed by atoms with van der Waals surface area (Å²) in [5.41, 5.74) is 0. The van der Waals surface area contributed by atoms with E-state index in [1.54, 1.807) is 0 Å². The topological polar surface area (TPSA) is 105 Å². The molecule has 7 nitrogen and oxygen atoms in total. The van der Waals surface area contributed by atoms with Crippen LogP contribution in [0.4, 0.5) is 0 Å². The van der Waals surface area contributed by atoms with Crippen LogP contribution in [0.2, 0.25) is 0 Å². The van der Waals surface area contributed by atoms with Crippen molar-refractivity contribution in [2.45, 2.75) is 37.6 Å². The second kappa shape index (κ2) is 5.55. The number of esters is 1. The van der Waals surface area contributed by atoms with Gasteiger partial charge in [0.2, 0.25) is 0 Å². The molecule has 0 aliphatic carbocycles. The zero-order valence-electron chi connectivity index (χ0n) is 9.07. The second-order valence-electron chi connectivity index (χ2n) is 3.55. The van der Waals surface area contributed by atoms with Gasteiger partial charge in [-0.15, -0.1) is 0 Å². The lowest BCUT2D eigenvalue weighted by molar-refractivity contribution is -0.295. The summed E-state index contributed by atoms with van der Waals surface area (Å²) in [6, 6.07) is 0. The smallest absolute Gasteiger partial charge is 0.302 e. The molecular weight excluding hydrogens is 220 g/mol. The summed E-state index contributed by atoms with van der Waals surface area (Å²) in [7, 11) is 1.29. The van der Waals surface area contributed by atoms with Gasteiger partial charge in [0, 0.05) is 14.0 Å². The fourth-order valence-corrected chi connectivity index (χ4v) is 1.45. The molecule has 5 atom stereocenters. The molecule has 94 valence electrons. The van der Waals surface area contributed by atoms with Gasteiger partial charge in [0.15, 0.2) is 6.29 Å². The molecule has 1 aliphatic heterocycles. The van der Waals surface area contributed by atoms with Crippen molar-refractivity contribution in [3.05, 3.63) is 0 Å². The maximum absolute atomic E-state index is 10.6. The highest BCUT2D eigenvalue weighted by atomic mass is 16.7. The molecular formula is C9H16O7. The third-order valence-electron chi connectivity index (χ3n) is 2.35. The van der Waals surface area contributed by atoms with Gasteiger partial charge in [-0.05, 0) is 0 Å². The van der Waals surface area contributed by atoms with Crippen LogP contribution in [0, 0.1) is 0 Å². The molecule has 0 aromatic carbocycles. The standard InChI is InChI=1S/C9H16O7/c1-4(10)15-3-5-6(11)7(12)8(13)9(14-2)16-5/h5-9,11-13H,3H2,1-2H3/t5-,6?,7+,8-,9?/m1/s1. The molecule has 0 aromatic rings. The summed E-state index contributed by atoms with van der Waals surface area (Å²) in [6.07, 6.45) is -6.06. The van der Waals surface area contributed by atoms with Crippen LogP contribution < -0.4 is 0 Å². The summed E-state index contributed by atoms with van der Waals surface area (Å²) in [4.78, 5) is 10.6. The second-order valence-corrected chi connectivity index (χ2v) is 3.55. The SMILES string of the molecule is COC1O[C@H](COC(C)=O)C(O)[C@H](O)[C@H]1O. The van der Waals surface area contributed by atoms with Crippen LogP contribution in [0.5, 0.6) is 0 Å². The Hall–Kier alpha value is -0.730. The monoisotopic (exact) mass is 236 g/mol. The number of hydrogen-bond donors (Lipinski definition) is 3. The van der Waals surface area contributed by atoms with Gasteiger partial charge in [-0.1, -0.05) is 0 Å². The van der Waals surface area contributed by atoms with E-state index in [2.05, 4.69) is 4.74 Å². The molecule has 1 fully saturated rings. The summed E-state index contributed by atoms with van der Waals surface area (Å²) in [5, 5.41) is 28.5. The third-order valence-corrected chi connectivity index (χ3v) is 2.35. The lowest BCUT2D eigenvalue weighted by atomic mass is 9.99. The summed E-state index contributed by atoms with van der Waals surface area (Å²) in [6.45, 7) is 1.01. The number of carbonyl (C=O) groups is 1. The van der Waals surface area contributed by atoms with E-state index >= 15 is 0 Å². The Kier molecular flexibility index (Phi) is 4.63. The normalized spacial score (nSPS) is 39.4. The van der Waals surface area contributed by atoms with Gasteiger partial charge in [0.05, 0.1) is 0 Å². The van der Waals surface area contributed by atoms with Gasteiger partial charge < -0.3 is 29.5 Å². The van der Waals surface area contributed by atoms with E-state index in [1.807, 2.05) is 0 Å². The van der Waals surface area contributed by atoms with Crippen molar-refractivity contribution in [2.75, 3.05) is 13.7 Å². The van der Waals surface area contributed by atoms with Gasteiger partial charge in [0.25, 0.3) is 0 Å². The van der Waals surface area contributed by atoms with Crippen LogP contribution in [0.1, 0.15) is 6.92 Å². The molecule has 0 amide bonds. The fraction of sp³-hybridized carbons (Fsp3) is 0.889. The van der Waals surface area contributed by atoms with E-state index in [0.717, 1.165) is 0 Å². The predicted octanol–water partition coefficient (Wildman–Crippen LogP) is -2.00. The molecule has 16 heavy (non-hydrogen) atoms. The number of aliphatic hydroxyl groups is 3. The van der Waals surface area contributed by atoms with Crippen LogP contribution in [0.15, 0.2) is 0 Å². The minimum Gasteiger partial charge on any atom is -0.463 e. The Balaban J connectivity index is 2.60. The van der Waals surface area contributed by atoms with Crippen LogP contribution in [-0.4, -0.2) is 65.7 Å². The Morgan fingerprint density at radius 1 is 1.25 bits per heavy atom. The van der Waals surface area contributed by atoms with Crippen LogP contribution in [0.25, 0.3) is 0 Å². The highest BCUT2D eigenvalue weighted by Crippen LogP contribution is 2.21. The van der Waals surface area contributed by atoms with E-state index in [4.69, 9.17) is 9.47 Å². The molecule has 0 bridgehead atoms. The van der Waals surface area contributed by atoms with Gasteiger partial charge in [-0.25, -0.2) is 0 Å². The Morgan fingerprint density at radius 3 is 2.38 bits per heavy atom. The van der Waals surface area contributed by atoms with Gasteiger partial charge in [-0.3, -0.25) is 4.79 Å². The summed E-state index contributed by atoms with van der Waals surface area (Å²) < 4.78 is 14.6. The molecule has 0 radical (unpaired) electrons. The molecule has 0 aromatic heterocycles. The zero-order chi connectivity index (χ0) is 12.3. The summed E-state index contributed by atoms with van der Waals surface area (Å²) in [5.74, 6) is -0.523. The Morgan fingerprint density at radius 2 is 1.88 bits per heavy atom. The van der Waals surface area contributed by atoms with Crippen molar-refractivity contribution in [1.82, 2.24) is 0 Å². The van der Waals surface area contributed by atoms with Gasteiger partial charge in [0.1, 0.15) is 31.0 Å². The first kappa shape index (κ1) is 13.3. The lowest BCUT2D eigenvalue weighted by Crippen LogP contribution is -2.59. The molecule has 1 heterocycles. The van der Waals surface area contributed by atoms with Crippen molar-refractivity contribution in [3.8, 4) is 0 Å². The van der Waals surface area contributed by atoms with Crippen molar-refractivity contribution in [1.29, 1.82) is 0 Å². The molecule has 0 saturated carbocycles. The highest BCUT2D eigenvalue weighted by molar-refractivity contribution is 5.65. The first-order chi connectivity index (χ1) is 7.47. The van der Waals surface area contributed by atoms with Crippen molar-refractivity contribution in [2.24, 2.45) is 0 Å². The number of methoxy groups -OCH3 is 1. The number of aliphatic hydroxyl groups excluding tert-OH is 3. The van der Waals surface area contributed by atoms with Crippen molar-refractivity contribution >= 4 is 5.97 Å². The molecule has 1 saturated heterocycles. The number of rotatable bonds is 3. The van der Waals surface area contributed by atoms with E-state index in [1.165, 1.54) is 14.0 Å². The van der Waals surface area contributed by atoms with Gasteiger partial charge >= 0.3 is 5.97 Å². The first-order valence-corrected chi connectivity index (χ1v) is 4.83. The summed E-state index contributed by atoms with van der Waals surface area (Å²) >= 11 is 0. The molecule has 1 rings (SSSR count). The largest absolute Gasteiger partial charge is 0.463 e. The van der Waals surface area contributed by atoms with Gasteiger partial charge in [-0.2, -0.15) is 0 Å².